The molecule has 2 aromatic rings. The monoisotopic (exact) mass is 352 g/mol. The molecule has 0 saturated carbocycles. The van der Waals surface area contributed by atoms with Crippen molar-refractivity contribution in [2.75, 3.05) is 0 Å². The van der Waals surface area contributed by atoms with Crippen molar-refractivity contribution >= 4 is 0 Å². The Morgan fingerprint density at radius 2 is 1.27 bits per heavy atom. The summed E-state index contributed by atoms with van der Waals surface area (Å²) < 4.78 is 6.51. The molecule has 0 fully saturated rings. The first-order valence-corrected chi connectivity index (χ1v) is 9.90. The molecule has 0 N–H and O–H groups in total. The molecule has 0 aliphatic rings. The molecule has 0 radical (unpaired) electrons. The normalized spacial score (nSPS) is 13.9. The van der Waals surface area contributed by atoms with Crippen LogP contribution >= 0.6 is 0 Å². The van der Waals surface area contributed by atoms with Gasteiger partial charge in [0.1, 0.15) is 11.4 Å². The van der Waals surface area contributed by atoms with Crippen LogP contribution in [0.2, 0.25) is 0 Å². The van der Waals surface area contributed by atoms with Crippen LogP contribution in [0.4, 0.5) is 0 Å². The van der Waals surface area contributed by atoms with E-state index in [0.717, 1.165) is 5.75 Å². The van der Waals surface area contributed by atoms with E-state index in [-0.39, 0.29) is 11.0 Å². The van der Waals surface area contributed by atoms with Gasteiger partial charge < -0.3 is 4.74 Å². The fourth-order valence-corrected chi connectivity index (χ4v) is 3.90. The highest BCUT2D eigenvalue weighted by molar-refractivity contribution is 5.33. The van der Waals surface area contributed by atoms with Crippen molar-refractivity contribution in [2.45, 2.75) is 72.3 Å². The van der Waals surface area contributed by atoms with E-state index in [1.54, 1.807) is 0 Å². The van der Waals surface area contributed by atoms with E-state index < -0.39 is 0 Å². The predicted octanol–water partition coefficient (Wildman–Crippen LogP) is 7.22. The lowest BCUT2D eigenvalue weighted by atomic mass is 9.75. The molecule has 2 aromatic carbocycles. The summed E-state index contributed by atoms with van der Waals surface area (Å²) in [5, 5.41) is 0. The van der Waals surface area contributed by atoms with Gasteiger partial charge in [-0.1, -0.05) is 84.0 Å². The van der Waals surface area contributed by atoms with Gasteiger partial charge in [-0.05, 0) is 54.4 Å². The summed E-state index contributed by atoms with van der Waals surface area (Å²) in [5.41, 5.74) is 2.58. The molecule has 1 unspecified atom stereocenters. The highest BCUT2D eigenvalue weighted by Gasteiger charge is 2.35. The van der Waals surface area contributed by atoms with Gasteiger partial charge in [-0.2, -0.15) is 0 Å². The first-order chi connectivity index (χ1) is 12.1. The molecule has 0 bridgehead atoms. The van der Waals surface area contributed by atoms with Crippen LogP contribution in [0.3, 0.4) is 0 Å². The van der Waals surface area contributed by atoms with E-state index >= 15 is 0 Å². The molecular weight excluding hydrogens is 316 g/mol. The Morgan fingerprint density at radius 3 is 1.73 bits per heavy atom. The third-order valence-electron chi connectivity index (χ3n) is 6.00. The second kappa shape index (κ2) is 7.86. The quantitative estimate of drug-likeness (QED) is 0.511. The van der Waals surface area contributed by atoms with Gasteiger partial charge in [0.2, 0.25) is 0 Å². The Bertz CT molecular complexity index is 678. The standard InChI is InChI=1S/C25H36O/c1-18(2)23(20-12-10-9-11-13-20)25(7,8)26-22-16-14-21(15-17-22)24(5,6)19(3)4/h9-19,23H,1-8H3. The molecule has 0 saturated heterocycles. The zero-order valence-electron chi connectivity index (χ0n) is 17.8. The van der Waals surface area contributed by atoms with Crippen molar-refractivity contribution < 1.29 is 4.74 Å². The van der Waals surface area contributed by atoms with Crippen LogP contribution in [0.25, 0.3) is 0 Å². The van der Waals surface area contributed by atoms with Crippen molar-refractivity contribution in [3.05, 3.63) is 65.7 Å². The van der Waals surface area contributed by atoms with E-state index in [0.29, 0.717) is 17.8 Å². The van der Waals surface area contributed by atoms with Crippen molar-refractivity contribution in [1.82, 2.24) is 0 Å². The second-order valence-corrected chi connectivity index (χ2v) is 9.24. The molecule has 26 heavy (non-hydrogen) atoms. The minimum absolute atomic E-state index is 0.165. The smallest absolute Gasteiger partial charge is 0.120 e. The predicted molar refractivity (Wildman–Crippen MR) is 113 cm³/mol. The van der Waals surface area contributed by atoms with Gasteiger partial charge in [0.05, 0.1) is 0 Å². The van der Waals surface area contributed by atoms with Crippen LogP contribution in [0.1, 0.15) is 72.4 Å². The molecule has 0 spiro atoms. The fraction of sp³-hybridized carbons (Fsp3) is 0.520. The largest absolute Gasteiger partial charge is 0.487 e. The Labute approximate surface area is 160 Å². The van der Waals surface area contributed by atoms with Crippen LogP contribution in [0.15, 0.2) is 54.6 Å². The van der Waals surface area contributed by atoms with Gasteiger partial charge in [0, 0.05) is 5.92 Å². The Morgan fingerprint density at radius 1 is 0.731 bits per heavy atom. The SMILES string of the molecule is CC(C)C(c1ccccc1)C(C)(C)Oc1ccc(C(C)(C)C(C)C)cc1. The summed E-state index contributed by atoms with van der Waals surface area (Å²) in [6.45, 7) is 18.1. The Balaban J connectivity index is 2.25. The molecule has 1 nitrogen and oxygen atoms in total. The average molecular weight is 353 g/mol. The topological polar surface area (TPSA) is 9.23 Å². The van der Waals surface area contributed by atoms with Gasteiger partial charge in [0.15, 0.2) is 0 Å². The first kappa shape index (κ1) is 20.6. The molecule has 142 valence electrons. The van der Waals surface area contributed by atoms with E-state index in [1.807, 2.05) is 0 Å². The molecule has 1 atom stereocenters. The van der Waals surface area contributed by atoms with Crippen LogP contribution in [0.5, 0.6) is 5.75 Å². The summed E-state index contributed by atoms with van der Waals surface area (Å²) >= 11 is 0. The minimum Gasteiger partial charge on any atom is -0.487 e. The maximum absolute atomic E-state index is 6.51. The second-order valence-electron chi connectivity index (χ2n) is 9.24. The average Bonchev–Trinajstić information content (AvgIpc) is 2.55. The van der Waals surface area contributed by atoms with Gasteiger partial charge in [-0.25, -0.2) is 0 Å². The van der Waals surface area contributed by atoms with Crippen LogP contribution in [-0.2, 0) is 5.41 Å². The summed E-state index contributed by atoms with van der Waals surface area (Å²) in [4.78, 5) is 0. The van der Waals surface area contributed by atoms with Crippen LogP contribution < -0.4 is 4.74 Å². The third-order valence-corrected chi connectivity index (χ3v) is 6.00. The number of benzene rings is 2. The molecule has 0 aliphatic carbocycles. The lowest BCUT2D eigenvalue weighted by Crippen LogP contribution is -2.38. The first-order valence-electron chi connectivity index (χ1n) is 9.90. The van der Waals surface area contributed by atoms with E-state index in [1.165, 1.54) is 11.1 Å². The van der Waals surface area contributed by atoms with Crippen LogP contribution in [-0.4, -0.2) is 5.60 Å². The highest BCUT2D eigenvalue weighted by Crippen LogP contribution is 2.39. The summed E-state index contributed by atoms with van der Waals surface area (Å²) in [6, 6.07) is 19.4. The molecule has 2 rings (SSSR count). The lowest BCUT2D eigenvalue weighted by molar-refractivity contribution is 0.0594. The molecular formula is C25H36O. The third kappa shape index (κ3) is 4.50. The van der Waals surface area contributed by atoms with Crippen molar-refractivity contribution in [3.63, 3.8) is 0 Å². The molecule has 0 aliphatic heterocycles. The van der Waals surface area contributed by atoms with E-state index in [9.17, 15) is 0 Å². The van der Waals surface area contributed by atoms with Gasteiger partial charge in [0.25, 0.3) is 0 Å². The number of hydrogen-bond acceptors (Lipinski definition) is 1. The summed E-state index contributed by atoms with van der Waals surface area (Å²) in [6.07, 6.45) is 0. The Kier molecular flexibility index (Phi) is 6.21. The van der Waals surface area contributed by atoms with E-state index in [4.69, 9.17) is 4.74 Å². The fourth-order valence-electron chi connectivity index (χ4n) is 3.90. The summed E-state index contributed by atoms with van der Waals surface area (Å²) in [7, 11) is 0. The van der Waals surface area contributed by atoms with E-state index in [2.05, 4.69) is 110 Å². The zero-order chi connectivity index (χ0) is 19.5. The van der Waals surface area contributed by atoms with Gasteiger partial charge >= 0.3 is 0 Å². The molecule has 0 amide bonds. The Hall–Kier alpha value is -1.76. The van der Waals surface area contributed by atoms with Crippen LogP contribution in [0, 0.1) is 11.8 Å². The number of ether oxygens (including phenoxy) is 1. The molecule has 0 heterocycles. The van der Waals surface area contributed by atoms with Crippen molar-refractivity contribution in [1.29, 1.82) is 0 Å². The maximum Gasteiger partial charge on any atom is 0.120 e. The number of hydrogen-bond donors (Lipinski definition) is 0. The minimum atomic E-state index is -0.287. The van der Waals surface area contributed by atoms with Gasteiger partial charge in [-0.15, -0.1) is 0 Å². The number of rotatable bonds is 7. The lowest BCUT2D eigenvalue weighted by Gasteiger charge is -2.38. The molecule has 0 aromatic heterocycles. The highest BCUT2D eigenvalue weighted by atomic mass is 16.5. The van der Waals surface area contributed by atoms with Crippen molar-refractivity contribution in [2.24, 2.45) is 11.8 Å². The van der Waals surface area contributed by atoms with Crippen molar-refractivity contribution in [3.8, 4) is 5.75 Å². The summed E-state index contributed by atoms with van der Waals surface area (Å²) in [5.74, 6) is 2.36. The zero-order valence-corrected chi connectivity index (χ0v) is 17.8. The van der Waals surface area contributed by atoms with Gasteiger partial charge in [-0.3, -0.25) is 0 Å². The molecule has 1 heteroatoms. The maximum atomic E-state index is 6.51.